The van der Waals surface area contributed by atoms with E-state index in [9.17, 15) is 15.0 Å². The maximum atomic E-state index is 10.7. The van der Waals surface area contributed by atoms with Gasteiger partial charge in [0.1, 0.15) is 17.5 Å². The van der Waals surface area contributed by atoms with Gasteiger partial charge in [0.05, 0.1) is 12.0 Å². The number of carboxylic acid groups (broad SMARTS) is 1. The number of carbonyl (C=O) groups is 1. The Labute approximate surface area is 96.3 Å². The number of nitrogens with two attached hydrogens (primary N) is 1. The second kappa shape index (κ2) is 5.11. The average Bonchev–Trinajstić information content (AvgIpc) is 2.27. The lowest BCUT2D eigenvalue weighted by molar-refractivity contribution is 0.0324. The minimum atomic E-state index is -1.29. The number of hydrogen-bond acceptors (Lipinski definition) is 5. The summed E-state index contributed by atoms with van der Waals surface area (Å²) in [6, 6.07) is 1.16. The normalized spacial score (nSPS) is 14.4. The van der Waals surface area contributed by atoms with Gasteiger partial charge in [-0.2, -0.15) is 0 Å². The number of rotatable bonds is 4. The minimum Gasteiger partial charge on any atom is -0.478 e. The standard InChI is InChI=1S/C9H11ClN2O4/c10-2-6(13)7(14)4-1-5(9(15)16)8(11)12-3-4/h1,3,6-7,13-14H,2H2,(H2,11,12)(H,15,16). The molecular weight excluding hydrogens is 236 g/mol. The molecule has 2 unspecified atom stereocenters. The molecule has 0 amide bonds. The number of nitrogen functional groups attached to an aromatic ring is 1. The molecule has 0 saturated heterocycles. The van der Waals surface area contributed by atoms with Crippen LogP contribution in [0.2, 0.25) is 0 Å². The van der Waals surface area contributed by atoms with Crippen LogP contribution < -0.4 is 5.73 Å². The Kier molecular flexibility index (Phi) is 4.05. The van der Waals surface area contributed by atoms with Crippen molar-refractivity contribution in [1.82, 2.24) is 4.98 Å². The SMILES string of the molecule is Nc1ncc(C(O)C(O)CCl)cc1C(=O)O. The lowest BCUT2D eigenvalue weighted by atomic mass is 10.1. The molecule has 1 rings (SSSR count). The molecule has 0 aliphatic carbocycles. The molecule has 0 bridgehead atoms. The van der Waals surface area contributed by atoms with Crippen LogP contribution in [0.15, 0.2) is 12.3 Å². The van der Waals surface area contributed by atoms with Gasteiger partial charge in [-0.05, 0) is 6.07 Å². The first-order valence-electron chi connectivity index (χ1n) is 4.38. The van der Waals surface area contributed by atoms with Crippen molar-refractivity contribution in [2.45, 2.75) is 12.2 Å². The maximum Gasteiger partial charge on any atom is 0.339 e. The predicted octanol–water partition coefficient (Wildman–Crippen LogP) is -0.00490. The summed E-state index contributed by atoms with van der Waals surface area (Å²) < 4.78 is 0. The summed E-state index contributed by atoms with van der Waals surface area (Å²) in [7, 11) is 0. The summed E-state index contributed by atoms with van der Waals surface area (Å²) in [5.74, 6) is -1.57. The second-order valence-electron chi connectivity index (χ2n) is 3.17. The highest BCUT2D eigenvalue weighted by Crippen LogP contribution is 2.20. The van der Waals surface area contributed by atoms with Crippen LogP contribution in [0.4, 0.5) is 5.82 Å². The van der Waals surface area contributed by atoms with Gasteiger partial charge in [-0.3, -0.25) is 0 Å². The van der Waals surface area contributed by atoms with E-state index in [-0.39, 0.29) is 22.8 Å². The van der Waals surface area contributed by atoms with Crippen molar-refractivity contribution in [1.29, 1.82) is 0 Å². The number of aromatic nitrogens is 1. The summed E-state index contributed by atoms with van der Waals surface area (Å²) in [5.41, 5.74) is 5.27. The van der Waals surface area contributed by atoms with E-state index in [4.69, 9.17) is 22.4 Å². The van der Waals surface area contributed by atoms with Crippen LogP contribution in [0, 0.1) is 0 Å². The molecule has 0 spiro atoms. The molecule has 1 aromatic rings. The van der Waals surface area contributed by atoms with E-state index in [2.05, 4.69) is 4.98 Å². The molecule has 7 heteroatoms. The number of halogens is 1. The smallest absolute Gasteiger partial charge is 0.339 e. The van der Waals surface area contributed by atoms with E-state index in [0.717, 1.165) is 6.07 Å². The molecule has 0 aliphatic rings. The number of aliphatic hydroxyl groups excluding tert-OH is 2. The lowest BCUT2D eigenvalue weighted by Crippen LogP contribution is -2.20. The first kappa shape index (κ1) is 12.7. The van der Waals surface area contributed by atoms with Gasteiger partial charge in [0.2, 0.25) is 0 Å². The highest BCUT2D eigenvalue weighted by molar-refractivity contribution is 6.18. The van der Waals surface area contributed by atoms with Gasteiger partial charge in [-0.1, -0.05) is 0 Å². The zero-order valence-electron chi connectivity index (χ0n) is 8.17. The van der Waals surface area contributed by atoms with Gasteiger partial charge in [0.15, 0.2) is 0 Å². The number of carboxylic acids is 1. The van der Waals surface area contributed by atoms with E-state index in [1.54, 1.807) is 0 Å². The predicted molar refractivity (Wildman–Crippen MR) is 57.3 cm³/mol. The fourth-order valence-corrected chi connectivity index (χ4v) is 1.30. The lowest BCUT2D eigenvalue weighted by Gasteiger charge is -2.15. The van der Waals surface area contributed by atoms with Crippen molar-refractivity contribution >= 4 is 23.4 Å². The maximum absolute atomic E-state index is 10.7. The summed E-state index contributed by atoms with van der Waals surface area (Å²) in [6.45, 7) is 0. The zero-order valence-corrected chi connectivity index (χ0v) is 8.92. The average molecular weight is 247 g/mol. The van der Waals surface area contributed by atoms with Crippen LogP contribution in [-0.4, -0.2) is 38.3 Å². The van der Waals surface area contributed by atoms with Crippen LogP contribution in [0.25, 0.3) is 0 Å². The zero-order chi connectivity index (χ0) is 12.3. The van der Waals surface area contributed by atoms with Gasteiger partial charge in [0.25, 0.3) is 0 Å². The number of aromatic carboxylic acids is 1. The van der Waals surface area contributed by atoms with Gasteiger partial charge in [0, 0.05) is 11.8 Å². The first-order chi connectivity index (χ1) is 7.47. The molecule has 5 N–H and O–H groups in total. The third-order valence-corrected chi connectivity index (χ3v) is 2.35. The third-order valence-electron chi connectivity index (χ3n) is 2.03. The highest BCUT2D eigenvalue weighted by Gasteiger charge is 2.20. The van der Waals surface area contributed by atoms with Gasteiger partial charge < -0.3 is 21.1 Å². The minimum absolute atomic E-state index is 0.149. The van der Waals surface area contributed by atoms with Crippen molar-refractivity contribution in [2.24, 2.45) is 0 Å². The Morgan fingerprint density at radius 3 is 2.69 bits per heavy atom. The summed E-state index contributed by atoms with van der Waals surface area (Å²) in [5, 5.41) is 27.6. The van der Waals surface area contributed by atoms with E-state index in [1.807, 2.05) is 0 Å². The quantitative estimate of drug-likeness (QED) is 0.556. The summed E-state index contributed by atoms with van der Waals surface area (Å²) in [4.78, 5) is 14.4. The number of anilines is 1. The molecule has 0 aliphatic heterocycles. The molecule has 0 fully saturated rings. The number of hydrogen-bond donors (Lipinski definition) is 4. The number of alkyl halides is 1. The van der Waals surface area contributed by atoms with Crippen molar-refractivity contribution in [3.63, 3.8) is 0 Å². The molecular formula is C9H11ClN2O4. The van der Waals surface area contributed by atoms with Gasteiger partial charge in [-0.15, -0.1) is 11.6 Å². The number of nitrogens with zero attached hydrogens (tertiary/aromatic N) is 1. The molecule has 16 heavy (non-hydrogen) atoms. The molecule has 2 atom stereocenters. The summed E-state index contributed by atoms with van der Waals surface area (Å²) in [6.07, 6.45) is -1.28. The van der Waals surface area contributed by atoms with Crippen LogP contribution in [-0.2, 0) is 0 Å². The highest BCUT2D eigenvalue weighted by atomic mass is 35.5. The molecule has 1 aromatic heterocycles. The fraction of sp³-hybridized carbons (Fsp3) is 0.333. The Hall–Kier alpha value is -1.37. The van der Waals surface area contributed by atoms with Crippen LogP contribution >= 0.6 is 11.6 Å². The van der Waals surface area contributed by atoms with Crippen molar-refractivity contribution in [3.8, 4) is 0 Å². The molecule has 0 saturated carbocycles. The van der Waals surface area contributed by atoms with E-state index in [1.165, 1.54) is 6.20 Å². The Balaban J connectivity index is 3.07. The van der Waals surface area contributed by atoms with Crippen LogP contribution in [0.5, 0.6) is 0 Å². The molecule has 0 radical (unpaired) electrons. The Morgan fingerprint density at radius 2 is 2.19 bits per heavy atom. The largest absolute Gasteiger partial charge is 0.478 e. The van der Waals surface area contributed by atoms with Crippen molar-refractivity contribution in [2.75, 3.05) is 11.6 Å². The third kappa shape index (κ3) is 2.60. The number of pyridine rings is 1. The molecule has 6 nitrogen and oxygen atoms in total. The van der Waals surface area contributed by atoms with E-state index < -0.39 is 18.2 Å². The van der Waals surface area contributed by atoms with Crippen LogP contribution in [0.3, 0.4) is 0 Å². The summed E-state index contributed by atoms with van der Waals surface area (Å²) >= 11 is 5.36. The monoisotopic (exact) mass is 246 g/mol. The first-order valence-corrected chi connectivity index (χ1v) is 4.91. The van der Waals surface area contributed by atoms with E-state index >= 15 is 0 Å². The molecule has 0 aromatic carbocycles. The Bertz CT molecular complexity index is 399. The Morgan fingerprint density at radius 1 is 1.56 bits per heavy atom. The topological polar surface area (TPSA) is 117 Å². The van der Waals surface area contributed by atoms with Crippen LogP contribution in [0.1, 0.15) is 22.0 Å². The van der Waals surface area contributed by atoms with Crippen molar-refractivity contribution in [3.05, 3.63) is 23.4 Å². The number of aliphatic hydroxyl groups is 2. The van der Waals surface area contributed by atoms with E-state index in [0.29, 0.717) is 0 Å². The molecule has 1 heterocycles. The van der Waals surface area contributed by atoms with Gasteiger partial charge in [-0.25, -0.2) is 9.78 Å². The second-order valence-corrected chi connectivity index (χ2v) is 3.48. The molecule has 88 valence electrons. The fourth-order valence-electron chi connectivity index (χ4n) is 1.13. The van der Waals surface area contributed by atoms with Crippen molar-refractivity contribution < 1.29 is 20.1 Å². The van der Waals surface area contributed by atoms with Gasteiger partial charge >= 0.3 is 5.97 Å².